The van der Waals surface area contributed by atoms with Gasteiger partial charge in [0.05, 0.1) is 43.4 Å². The third-order valence-corrected chi connectivity index (χ3v) is 12.8. The Hall–Kier alpha value is -1.48. The van der Waals surface area contributed by atoms with Crippen molar-refractivity contribution >= 4 is 11.8 Å². The molecule has 6 aliphatic rings. The zero-order chi connectivity index (χ0) is 33.8. The quantitative estimate of drug-likeness (QED) is 0.279. The van der Waals surface area contributed by atoms with Crippen LogP contribution in [0, 0.1) is 17.3 Å². The highest BCUT2D eigenvalue weighted by Crippen LogP contribution is 2.41. The van der Waals surface area contributed by atoms with Gasteiger partial charge in [0, 0.05) is 63.8 Å². The lowest BCUT2D eigenvalue weighted by Gasteiger charge is -2.47. The summed E-state index contributed by atoms with van der Waals surface area (Å²) in [5.41, 5.74) is 6.86. The molecule has 5 saturated heterocycles. The van der Waals surface area contributed by atoms with Crippen LogP contribution in [0.3, 0.4) is 0 Å². The summed E-state index contributed by atoms with van der Waals surface area (Å²) in [5, 5.41) is 13.2. The van der Waals surface area contributed by atoms with Gasteiger partial charge in [-0.2, -0.15) is 0 Å². The Bertz CT molecular complexity index is 1060. The first-order valence-electron chi connectivity index (χ1n) is 19.0. The molecule has 48 heavy (non-hydrogen) atoms. The van der Waals surface area contributed by atoms with Crippen molar-refractivity contribution in [2.75, 3.05) is 72.1 Å². The number of piperidine rings is 2. The number of hydrogen-bond donors (Lipinski definition) is 5. The minimum Gasteiger partial charge on any atom is -0.378 e. The highest BCUT2D eigenvalue weighted by molar-refractivity contribution is 5.80. The molecule has 0 spiro atoms. The molecule has 8 atom stereocenters. The second-order valence-corrected chi connectivity index (χ2v) is 16.0. The molecule has 8 unspecified atom stereocenters. The molecule has 2 amide bonds. The molecule has 6 fully saturated rings. The topological polar surface area (TPSA) is 127 Å². The Kier molecular flexibility index (Phi) is 12.3. The molecule has 0 aromatic carbocycles. The van der Waals surface area contributed by atoms with Crippen molar-refractivity contribution in [2.45, 2.75) is 120 Å². The van der Waals surface area contributed by atoms with Crippen molar-refractivity contribution in [3.63, 3.8) is 0 Å². The molecule has 13 heteroatoms. The summed E-state index contributed by atoms with van der Waals surface area (Å²) in [6, 6.07) is -0.792. The van der Waals surface area contributed by atoms with Crippen LogP contribution in [-0.2, 0) is 14.3 Å². The van der Waals surface area contributed by atoms with Gasteiger partial charge in [-0.15, -0.1) is 0 Å². The number of nitrogens with two attached hydrogens (primary N) is 1. The number of rotatable bonds is 6. The van der Waals surface area contributed by atoms with Crippen molar-refractivity contribution < 1.29 is 23.1 Å². The van der Waals surface area contributed by atoms with E-state index in [1.807, 2.05) is 11.8 Å². The first kappa shape index (κ1) is 36.3. The number of carbonyl (C=O) groups excluding carboxylic acids is 2. The molecule has 5 heterocycles. The number of nitrogens with one attached hydrogen (secondary N) is 4. The SMILES string of the molecule is CC1NCC(F)CCC(C2(C)CCCCC2)NC(N)C1C(=O)NC1CNCC(F)C1N1CCC(C(=O)N2CCN(C3COC3)CC2)CC1. The minimum absolute atomic E-state index is 0.0135. The lowest BCUT2D eigenvalue weighted by molar-refractivity contribution is -0.141. The van der Waals surface area contributed by atoms with E-state index in [4.69, 9.17) is 10.5 Å². The van der Waals surface area contributed by atoms with E-state index in [-0.39, 0.29) is 48.3 Å². The van der Waals surface area contributed by atoms with Crippen LogP contribution in [0.2, 0.25) is 0 Å². The standard InChI is InChI=1S/C35H62F2N8O3/c1-23-30(32(38)42-29(7-6-25(36)18-40-23)35(2)10-4-3-5-11-35)33(46)41-28-20-39-19-27(37)31(28)44-12-8-24(9-13-44)34(47)45-16-14-43(15-17-45)26-21-48-22-26/h23-32,39-40,42H,3-22,38H2,1-2H3,(H,41,46). The summed E-state index contributed by atoms with van der Waals surface area (Å²) in [6.45, 7) is 11.2. The normalized spacial score (nSPS) is 38.6. The van der Waals surface area contributed by atoms with Crippen molar-refractivity contribution in [1.82, 2.24) is 36.0 Å². The molecule has 1 aliphatic carbocycles. The fourth-order valence-corrected chi connectivity index (χ4v) is 9.48. The highest BCUT2D eigenvalue weighted by Gasteiger charge is 2.44. The van der Waals surface area contributed by atoms with Gasteiger partial charge < -0.3 is 31.3 Å². The Morgan fingerprint density at radius 1 is 0.896 bits per heavy atom. The number of ether oxygens (including phenoxy) is 1. The van der Waals surface area contributed by atoms with E-state index in [2.05, 4.69) is 38.0 Å². The molecule has 11 nitrogen and oxygen atoms in total. The molecule has 0 aromatic rings. The van der Waals surface area contributed by atoms with E-state index in [0.29, 0.717) is 51.4 Å². The van der Waals surface area contributed by atoms with E-state index in [1.54, 1.807) is 0 Å². The Balaban J connectivity index is 1.07. The van der Waals surface area contributed by atoms with E-state index in [0.717, 1.165) is 65.1 Å². The molecule has 274 valence electrons. The lowest BCUT2D eigenvalue weighted by atomic mass is 9.69. The summed E-state index contributed by atoms with van der Waals surface area (Å²) in [5.74, 6) is -0.723. The Morgan fingerprint density at radius 3 is 2.27 bits per heavy atom. The summed E-state index contributed by atoms with van der Waals surface area (Å²) in [6.07, 6.45) is 5.41. The smallest absolute Gasteiger partial charge is 0.227 e. The Labute approximate surface area is 286 Å². The molecule has 6 rings (SSSR count). The molecule has 0 bridgehead atoms. The van der Waals surface area contributed by atoms with Crippen LogP contribution in [-0.4, -0.2) is 147 Å². The van der Waals surface area contributed by atoms with Gasteiger partial charge >= 0.3 is 0 Å². The second kappa shape index (κ2) is 16.2. The zero-order valence-electron chi connectivity index (χ0n) is 29.3. The molecule has 0 radical (unpaired) electrons. The summed E-state index contributed by atoms with van der Waals surface area (Å²) in [4.78, 5) is 34.2. The number of halogens is 2. The molecular formula is C35H62F2N8O3. The minimum atomic E-state index is -1.16. The largest absolute Gasteiger partial charge is 0.378 e. The van der Waals surface area contributed by atoms with Crippen LogP contribution in [0.15, 0.2) is 0 Å². The molecule has 6 N–H and O–H groups in total. The molecule has 5 aliphatic heterocycles. The number of piperazine rings is 1. The van der Waals surface area contributed by atoms with Crippen LogP contribution in [0.25, 0.3) is 0 Å². The predicted octanol–water partition coefficient (Wildman–Crippen LogP) is 0.976. The number of hydrogen-bond acceptors (Lipinski definition) is 9. The lowest BCUT2D eigenvalue weighted by Crippen LogP contribution is -2.68. The van der Waals surface area contributed by atoms with Gasteiger partial charge in [-0.3, -0.25) is 24.7 Å². The van der Waals surface area contributed by atoms with Gasteiger partial charge in [-0.1, -0.05) is 26.2 Å². The van der Waals surface area contributed by atoms with Crippen molar-refractivity contribution in [1.29, 1.82) is 0 Å². The van der Waals surface area contributed by atoms with Crippen molar-refractivity contribution in [3.05, 3.63) is 0 Å². The summed E-state index contributed by atoms with van der Waals surface area (Å²) in [7, 11) is 0. The van der Waals surface area contributed by atoms with Crippen LogP contribution >= 0.6 is 0 Å². The van der Waals surface area contributed by atoms with E-state index < -0.39 is 36.5 Å². The van der Waals surface area contributed by atoms with Gasteiger partial charge in [0.2, 0.25) is 11.8 Å². The van der Waals surface area contributed by atoms with Gasteiger partial charge in [0.15, 0.2) is 0 Å². The van der Waals surface area contributed by atoms with Crippen LogP contribution < -0.4 is 27.0 Å². The second-order valence-electron chi connectivity index (χ2n) is 16.0. The number of alkyl halides is 2. The molecule has 0 aromatic heterocycles. The first-order chi connectivity index (χ1) is 23.1. The predicted molar refractivity (Wildman–Crippen MR) is 182 cm³/mol. The first-order valence-corrected chi connectivity index (χ1v) is 19.0. The average molecular weight is 681 g/mol. The maximum absolute atomic E-state index is 15.7. The fourth-order valence-electron chi connectivity index (χ4n) is 9.48. The highest BCUT2D eigenvalue weighted by atomic mass is 19.1. The summed E-state index contributed by atoms with van der Waals surface area (Å²) >= 11 is 0. The monoisotopic (exact) mass is 680 g/mol. The van der Waals surface area contributed by atoms with E-state index in [1.165, 1.54) is 6.42 Å². The number of amides is 2. The van der Waals surface area contributed by atoms with E-state index >= 15 is 8.78 Å². The van der Waals surface area contributed by atoms with Gasteiger partial charge in [0.1, 0.15) is 12.3 Å². The van der Waals surface area contributed by atoms with E-state index in [9.17, 15) is 9.59 Å². The fraction of sp³-hybridized carbons (Fsp3) is 0.943. The average Bonchev–Trinajstić information content (AvgIpc) is 3.05. The third-order valence-electron chi connectivity index (χ3n) is 12.8. The van der Waals surface area contributed by atoms with Crippen LogP contribution in [0.5, 0.6) is 0 Å². The summed E-state index contributed by atoms with van der Waals surface area (Å²) < 4.78 is 36.1. The third kappa shape index (κ3) is 8.35. The van der Waals surface area contributed by atoms with Crippen molar-refractivity contribution in [2.24, 2.45) is 23.0 Å². The number of carbonyl (C=O) groups is 2. The van der Waals surface area contributed by atoms with Crippen LogP contribution in [0.4, 0.5) is 8.78 Å². The maximum Gasteiger partial charge on any atom is 0.227 e. The number of nitrogens with zero attached hydrogens (tertiary/aromatic N) is 3. The Morgan fingerprint density at radius 2 is 1.60 bits per heavy atom. The molecular weight excluding hydrogens is 618 g/mol. The van der Waals surface area contributed by atoms with Gasteiger partial charge in [-0.05, 0) is 64.0 Å². The van der Waals surface area contributed by atoms with Crippen molar-refractivity contribution in [3.8, 4) is 0 Å². The maximum atomic E-state index is 15.7. The zero-order valence-corrected chi connectivity index (χ0v) is 29.3. The van der Waals surface area contributed by atoms with Gasteiger partial charge in [-0.25, -0.2) is 8.78 Å². The van der Waals surface area contributed by atoms with Crippen LogP contribution in [0.1, 0.15) is 71.6 Å². The number of likely N-dealkylation sites (tertiary alicyclic amines) is 1. The van der Waals surface area contributed by atoms with Gasteiger partial charge in [0.25, 0.3) is 0 Å². The molecule has 1 saturated carbocycles.